The van der Waals surface area contributed by atoms with E-state index in [-0.39, 0.29) is 17.1 Å². The summed E-state index contributed by atoms with van der Waals surface area (Å²) >= 11 is 0. The lowest BCUT2D eigenvalue weighted by Crippen LogP contribution is -2.21. The molecular formula is C14H10FN3O6. The van der Waals surface area contributed by atoms with Gasteiger partial charge in [-0.2, -0.15) is 0 Å². The fourth-order valence-electron chi connectivity index (χ4n) is 1.79. The minimum atomic E-state index is -0.998. The summed E-state index contributed by atoms with van der Waals surface area (Å²) in [6, 6.07) is 8.20. The van der Waals surface area contributed by atoms with E-state index in [2.05, 4.69) is 5.32 Å². The highest BCUT2D eigenvalue weighted by Crippen LogP contribution is 2.24. The topological polar surface area (TPSA) is 125 Å². The Hall–Kier alpha value is -3.56. The van der Waals surface area contributed by atoms with Crippen molar-refractivity contribution in [1.29, 1.82) is 0 Å². The quantitative estimate of drug-likeness (QED) is 0.639. The number of amides is 1. The van der Waals surface area contributed by atoms with E-state index in [9.17, 15) is 29.4 Å². The first-order valence-corrected chi connectivity index (χ1v) is 6.48. The third-order valence-corrected chi connectivity index (χ3v) is 2.86. The van der Waals surface area contributed by atoms with Crippen LogP contribution in [-0.4, -0.2) is 22.4 Å². The van der Waals surface area contributed by atoms with Crippen molar-refractivity contribution >= 4 is 23.0 Å². The van der Waals surface area contributed by atoms with Gasteiger partial charge in [-0.3, -0.25) is 25.0 Å². The lowest BCUT2D eigenvalue weighted by molar-refractivity contribution is -0.385. The molecule has 0 radical (unpaired) electrons. The second-order valence-electron chi connectivity index (χ2n) is 4.48. The number of nitro benzene ring substituents is 2. The predicted molar refractivity (Wildman–Crippen MR) is 80.3 cm³/mol. The van der Waals surface area contributed by atoms with Gasteiger partial charge in [0, 0.05) is 12.1 Å². The summed E-state index contributed by atoms with van der Waals surface area (Å²) in [6.07, 6.45) is 0. The lowest BCUT2D eigenvalue weighted by atomic mass is 10.2. The number of carbonyl (C=O) groups is 1. The molecule has 0 spiro atoms. The average Bonchev–Trinajstić information content (AvgIpc) is 2.53. The number of carbonyl (C=O) groups excluding carboxylic acids is 1. The van der Waals surface area contributed by atoms with E-state index in [4.69, 9.17) is 4.74 Å². The number of nitrogens with zero attached hydrogens (tertiary/aromatic N) is 2. The third-order valence-electron chi connectivity index (χ3n) is 2.86. The van der Waals surface area contributed by atoms with Crippen LogP contribution >= 0.6 is 0 Å². The van der Waals surface area contributed by atoms with Crippen molar-refractivity contribution < 1.29 is 23.8 Å². The average molecular weight is 335 g/mol. The van der Waals surface area contributed by atoms with Crippen molar-refractivity contribution in [3.8, 4) is 5.75 Å². The molecule has 1 N–H and O–H groups in total. The molecule has 0 aromatic heterocycles. The van der Waals surface area contributed by atoms with Crippen LogP contribution in [0.2, 0.25) is 0 Å². The van der Waals surface area contributed by atoms with Crippen LogP contribution in [0.25, 0.3) is 0 Å². The molecule has 0 heterocycles. The maximum atomic E-state index is 13.6. The molecule has 10 heteroatoms. The zero-order valence-corrected chi connectivity index (χ0v) is 12.0. The van der Waals surface area contributed by atoms with E-state index in [1.54, 1.807) is 0 Å². The number of nitro groups is 2. The number of para-hydroxylation sites is 2. The highest BCUT2D eigenvalue weighted by atomic mass is 19.1. The third kappa shape index (κ3) is 4.00. The molecule has 24 heavy (non-hydrogen) atoms. The van der Waals surface area contributed by atoms with Gasteiger partial charge in [-0.25, -0.2) is 4.39 Å². The summed E-state index contributed by atoms with van der Waals surface area (Å²) in [4.78, 5) is 31.7. The largest absolute Gasteiger partial charge is 0.481 e. The van der Waals surface area contributed by atoms with Crippen LogP contribution in [0, 0.1) is 26.0 Å². The van der Waals surface area contributed by atoms with Crippen molar-refractivity contribution in [2.24, 2.45) is 0 Å². The van der Waals surface area contributed by atoms with Crippen molar-refractivity contribution in [1.82, 2.24) is 0 Å². The molecule has 124 valence electrons. The molecule has 0 fully saturated rings. The molecule has 1 amide bonds. The zero-order chi connectivity index (χ0) is 17.7. The molecule has 2 aromatic carbocycles. The molecule has 0 saturated heterocycles. The smallest absolute Gasteiger partial charge is 0.292 e. The van der Waals surface area contributed by atoms with Gasteiger partial charge in [-0.1, -0.05) is 12.1 Å². The molecule has 0 aliphatic rings. The summed E-state index contributed by atoms with van der Waals surface area (Å²) < 4.78 is 18.5. The Kier molecular flexibility index (Phi) is 5.00. The summed E-state index contributed by atoms with van der Waals surface area (Å²) in [7, 11) is 0. The van der Waals surface area contributed by atoms with E-state index < -0.39 is 33.9 Å². The first-order chi connectivity index (χ1) is 11.4. The van der Waals surface area contributed by atoms with Crippen LogP contribution in [-0.2, 0) is 4.79 Å². The number of hydrogen-bond donors (Lipinski definition) is 1. The highest BCUT2D eigenvalue weighted by Gasteiger charge is 2.16. The number of benzene rings is 2. The van der Waals surface area contributed by atoms with Crippen LogP contribution in [0.15, 0.2) is 42.5 Å². The second-order valence-corrected chi connectivity index (χ2v) is 4.48. The molecule has 9 nitrogen and oxygen atoms in total. The fourth-order valence-corrected chi connectivity index (χ4v) is 1.79. The Morgan fingerprint density at radius 3 is 2.46 bits per heavy atom. The minimum absolute atomic E-state index is 0.0275. The van der Waals surface area contributed by atoms with Crippen LogP contribution in [0.5, 0.6) is 5.75 Å². The number of rotatable bonds is 6. The number of non-ortho nitro benzene ring substituents is 1. The maximum absolute atomic E-state index is 13.6. The van der Waals surface area contributed by atoms with Gasteiger partial charge in [-0.15, -0.1) is 0 Å². The Bertz CT molecular complexity index is 811. The number of hydrogen-bond acceptors (Lipinski definition) is 6. The molecule has 0 bridgehead atoms. The first kappa shape index (κ1) is 16.8. The molecule has 0 unspecified atom stereocenters. The first-order valence-electron chi connectivity index (χ1n) is 6.48. The van der Waals surface area contributed by atoms with Gasteiger partial charge in [0.25, 0.3) is 17.3 Å². The van der Waals surface area contributed by atoms with Crippen LogP contribution in [0.4, 0.5) is 21.5 Å². The summed E-state index contributed by atoms with van der Waals surface area (Å²) in [5.74, 6) is -2.09. The number of anilines is 1. The van der Waals surface area contributed by atoms with E-state index >= 15 is 0 Å². The van der Waals surface area contributed by atoms with Gasteiger partial charge >= 0.3 is 0 Å². The summed E-state index contributed by atoms with van der Waals surface area (Å²) in [5, 5.41) is 23.6. The molecule has 0 saturated carbocycles. The van der Waals surface area contributed by atoms with Crippen molar-refractivity contribution in [2.75, 3.05) is 11.9 Å². The standard InChI is InChI=1S/C14H10FN3O6/c15-10-7-9(17(20)21)5-6-13(10)24-8-14(19)16-11-3-1-2-4-12(11)18(22)23/h1-7H,8H2,(H,16,19). The second kappa shape index (κ2) is 7.13. The lowest BCUT2D eigenvalue weighted by Gasteiger charge is -2.08. The van der Waals surface area contributed by atoms with Crippen molar-refractivity contribution in [3.63, 3.8) is 0 Å². The molecular weight excluding hydrogens is 325 g/mol. The van der Waals surface area contributed by atoms with Crippen LogP contribution in [0.3, 0.4) is 0 Å². The van der Waals surface area contributed by atoms with E-state index in [0.717, 1.165) is 12.1 Å². The van der Waals surface area contributed by atoms with E-state index in [0.29, 0.717) is 6.07 Å². The zero-order valence-electron chi connectivity index (χ0n) is 12.0. The van der Waals surface area contributed by atoms with Gasteiger partial charge in [0.05, 0.1) is 15.9 Å². The maximum Gasteiger partial charge on any atom is 0.292 e. The number of nitrogens with one attached hydrogen (secondary N) is 1. The monoisotopic (exact) mass is 335 g/mol. The Labute approximate surface area is 134 Å². The Morgan fingerprint density at radius 1 is 1.12 bits per heavy atom. The molecule has 0 aliphatic heterocycles. The normalized spacial score (nSPS) is 10.0. The van der Waals surface area contributed by atoms with Gasteiger partial charge < -0.3 is 10.1 Å². The van der Waals surface area contributed by atoms with Gasteiger partial charge in [0.1, 0.15) is 5.69 Å². The van der Waals surface area contributed by atoms with Crippen LogP contribution in [0.1, 0.15) is 0 Å². The molecule has 2 aromatic rings. The SMILES string of the molecule is O=C(COc1ccc([N+](=O)[O-])cc1F)Nc1ccccc1[N+](=O)[O-]. The number of ether oxygens (including phenoxy) is 1. The fraction of sp³-hybridized carbons (Fsp3) is 0.0714. The van der Waals surface area contributed by atoms with Crippen molar-refractivity contribution in [2.45, 2.75) is 0 Å². The number of halogens is 1. The van der Waals surface area contributed by atoms with E-state index in [1.807, 2.05) is 0 Å². The van der Waals surface area contributed by atoms with Gasteiger partial charge in [0.2, 0.25) is 0 Å². The van der Waals surface area contributed by atoms with Gasteiger partial charge in [0.15, 0.2) is 18.2 Å². The highest BCUT2D eigenvalue weighted by molar-refractivity contribution is 5.94. The van der Waals surface area contributed by atoms with Crippen LogP contribution < -0.4 is 10.1 Å². The molecule has 0 atom stereocenters. The minimum Gasteiger partial charge on any atom is -0.481 e. The molecule has 2 rings (SSSR count). The van der Waals surface area contributed by atoms with Gasteiger partial charge in [-0.05, 0) is 12.1 Å². The van der Waals surface area contributed by atoms with Crippen molar-refractivity contribution in [3.05, 3.63) is 68.5 Å². The summed E-state index contributed by atoms with van der Waals surface area (Å²) in [5.41, 5.74) is -0.781. The summed E-state index contributed by atoms with van der Waals surface area (Å²) in [6.45, 7) is -0.624. The van der Waals surface area contributed by atoms with E-state index in [1.165, 1.54) is 24.3 Å². The molecule has 0 aliphatic carbocycles. The predicted octanol–water partition coefficient (Wildman–Crippen LogP) is 2.66. The Balaban J connectivity index is 2.02. The Morgan fingerprint density at radius 2 is 1.83 bits per heavy atom.